The maximum atomic E-state index is 11.8. The van der Waals surface area contributed by atoms with Crippen molar-refractivity contribution in [1.29, 1.82) is 0 Å². The molecule has 1 aliphatic rings. The average molecular weight is 300 g/mol. The Labute approximate surface area is 134 Å². The molecule has 1 aliphatic carbocycles. The van der Waals surface area contributed by atoms with Crippen molar-refractivity contribution in [3.8, 4) is 5.75 Å². The molecule has 1 unspecified atom stereocenters. The lowest BCUT2D eigenvalue weighted by molar-refractivity contribution is -0.122. The highest BCUT2D eigenvalue weighted by molar-refractivity contribution is 5.82. The van der Waals surface area contributed by atoms with Crippen molar-refractivity contribution >= 4 is 11.4 Å². The molecule has 0 aromatic heterocycles. The molecule has 0 bridgehead atoms. The zero-order chi connectivity index (χ0) is 15.8. The Bertz CT molecular complexity index is 499. The van der Waals surface area contributed by atoms with Gasteiger partial charge >= 0.3 is 0 Å². The molecule has 120 valence electrons. The molecule has 2 nitrogen and oxygen atoms in total. The van der Waals surface area contributed by atoms with E-state index in [0.29, 0.717) is 12.2 Å². The van der Waals surface area contributed by atoms with Crippen molar-refractivity contribution in [3.63, 3.8) is 0 Å². The summed E-state index contributed by atoms with van der Waals surface area (Å²) in [5, 5.41) is 0. The van der Waals surface area contributed by atoms with Gasteiger partial charge in [0, 0.05) is 12.3 Å². The van der Waals surface area contributed by atoms with E-state index in [2.05, 4.69) is 37.3 Å². The lowest BCUT2D eigenvalue weighted by Gasteiger charge is -2.20. The summed E-state index contributed by atoms with van der Waals surface area (Å²) in [7, 11) is 0. The second kappa shape index (κ2) is 8.77. The fourth-order valence-electron chi connectivity index (χ4n) is 2.98. The van der Waals surface area contributed by atoms with Crippen LogP contribution in [0.2, 0.25) is 0 Å². The Hall–Kier alpha value is -1.57. The van der Waals surface area contributed by atoms with Crippen LogP contribution in [0.5, 0.6) is 5.75 Å². The van der Waals surface area contributed by atoms with Gasteiger partial charge in [-0.05, 0) is 49.0 Å². The lowest BCUT2D eigenvalue weighted by atomic mass is 9.84. The first kappa shape index (κ1) is 16.8. The molecule has 0 fully saturated rings. The van der Waals surface area contributed by atoms with Crippen LogP contribution in [0, 0.1) is 5.92 Å². The van der Waals surface area contributed by atoms with Crippen molar-refractivity contribution in [3.05, 3.63) is 35.9 Å². The third-order valence-electron chi connectivity index (χ3n) is 4.46. The third-order valence-corrected chi connectivity index (χ3v) is 4.46. The Kier molecular flexibility index (Phi) is 6.70. The van der Waals surface area contributed by atoms with E-state index in [0.717, 1.165) is 38.0 Å². The number of rotatable bonds is 8. The summed E-state index contributed by atoms with van der Waals surface area (Å²) in [6.45, 7) is 4.96. The van der Waals surface area contributed by atoms with Crippen molar-refractivity contribution in [2.24, 2.45) is 5.92 Å². The summed E-state index contributed by atoms with van der Waals surface area (Å²) in [5.74, 6) is 1.61. The zero-order valence-corrected chi connectivity index (χ0v) is 13.9. The van der Waals surface area contributed by atoms with Gasteiger partial charge in [0.05, 0.1) is 6.61 Å². The number of hydrogen-bond acceptors (Lipinski definition) is 2. The van der Waals surface area contributed by atoms with E-state index < -0.39 is 0 Å². The van der Waals surface area contributed by atoms with Gasteiger partial charge in [0.15, 0.2) is 0 Å². The minimum Gasteiger partial charge on any atom is -0.494 e. The predicted octanol–water partition coefficient (Wildman–Crippen LogP) is 5.42. The van der Waals surface area contributed by atoms with Gasteiger partial charge in [-0.25, -0.2) is 0 Å². The van der Waals surface area contributed by atoms with Crippen LogP contribution in [-0.2, 0) is 4.79 Å². The largest absolute Gasteiger partial charge is 0.494 e. The topological polar surface area (TPSA) is 26.3 Å². The molecule has 1 aromatic rings. The minimum atomic E-state index is 0.245. The molecular weight excluding hydrogens is 272 g/mol. The van der Waals surface area contributed by atoms with Gasteiger partial charge in [0.25, 0.3) is 0 Å². The van der Waals surface area contributed by atoms with Crippen LogP contribution in [0.1, 0.15) is 64.4 Å². The van der Waals surface area contributed by atoms with Crippen LogP contribution in [0.4, 0.5) is 0 Å². The minimum absolute atomic E-state index is 0.245. The smallest absolute Gasteiger partial charge is 0.136 e. The van der Waals surface area contributed by atoms with Crippen LogP contribution in [0.3, 0.4) is 0 Å². The molecule has 0 amide bonds. The maximum Gasteiger partial charge on any atom is 0.136 e. The molecule has 2 rings (SSSR count). The number of allylic oxidation sites excluding steroid dienone is 2. The van der Waals surface area contributed by atoms with E-state index >= 15 is 0 Å². The number of unbranched alkanes of at least 4 members (excludes halogenated alkanes) is 2. The first-order valence-corrected chi connectivity index (χ1v) is 8.69. The second-order valence-electron chi connectivity index (χ2n) is 6.10. The van der Waals surface area contributed by atoms with Gasteiger partial charge in [-0.1, -0.05) is 44.9 Å². The number of benzene rings is 1. The van der Waals surface area contributed by atoms with Crippen LogP contribution in [0.25, 0.3) is 5.57 Å². The standard InChI is InChI=1S/C20H28O2/c1-3-5-6-15-22-19-13-11-17(12-14-19)16-7-9-18(10-8-16)20(21)4-2/h7,11-14,18H,3-6,8-10,15H2,1-2H3. The Morgan fingerprint density at radius 2 is 1.95 bits per heavy atom. The Morgan fingerprint density at radius 1 is 1.18 bits per heavy atom. The van der Waals surface area contributed by atoms with Crippen molar-refractivity contribution < 1.29 is 9.53 Å². The predicted molar refractivity (Wildman–Crippen MR) is 92.1 cm³/mol. The highest BCUT2D eigenvalue weighted by Crippen LogP contribution is 2.31. The molecule has 1 aromatic carbocycles. The highest BCUT2D eigenvalue weighted by Gasteiger charge is 2.20. The number of carbonyl (C=O) groups is 1. The molecule has 1 atom stereocenters. The first-order valence-electron chi connectivity index (χ1n) is 8.69. The molecular formula is C20H28O2. The summed E-state index contributed by atoms with van der Waals surface area (Å²) >= 11 is 0. The van der Waals surface area contributed by atoms with E-state index in [1.165, 1.54) is 24.0 Å². The monoisotopic (exact) mass is 300 g/mol. The fraction of sp³-hybridized carbons (Fsp3) is 0.550. The van der Waals surface area contributed by atoms with Crippen LogP contribution >= 0.6 is 0 Å². The Morgan fingerprint density at radius 3 is 2.55 bits per heavy atom. The normalized spacial score (nSPS) is 17.9. The molecule has 0 saturated heterocycles. The molecule has 0 heterocycles. The van der Waals surface area contributed by atoms with Gasteiger partial charge in [0.1, 0.15) is 11.5 Å². The van der Waals surface area contributed by atoms with Gasteiger partial charge < -0.3 is 4.74 Å². The van der Waals surface area contributed by atoms with Gasteiger partial charge in [0.2, 0.25) is 0 Å². The molecule has 0 radical (unpaired) electrons. The number of ether oxygens (including phenoxy) is 1. The molecule has 22 heavy (non-hydrogen) atoms. The van der Waals surface area contributed by atoms with Crippen molar-refractivity contribution in [2.45, 2.75) is 58.8 Å². The average Bonchev–Trinajstić information content (AvgIpc) is 2.59. The van der Waals surface area contributed by atoms with E-state index in [9.17, 15) is 4.79 Å². The highest BCUT2D eigenvalue weighted by atomic mass is 16.5. The second-order valence-corrected chi connectivity index (χ2v) is 6.10. The number of Topliss-reactive ketones (excluding diaryl/α,β-unsaturated/α-hetero) is 1. The van der Waals surface area contributed by atoms with Gasteiger partial charge in [-0.2, -0.15) is 0 Å². The molecule has 2 heteroatoms. The number of ketones is 1. The fourth-order valence-corrected chi connectivity index (χ4v) is 2.98. The molecule has 0 spiro atoms. The number of carbonyl (C=O) groups excluding carboxylic acids is 1. The lowest BCUT2D eigenvalue weighted by Crippen LogP contribution is -2.15. The van der Waals surface area contributed by atoms with Crippen LogP contribution in [0.15, 0.2) is 30.3 Å². The van der Waals surface area contributed by atoms with E-state index in [4.69, 9.17) is 4.74 Å². The van der Waals surface area contributed by atoms with Crippen LogP contribution < -0.4 is 4.74 Å². The maximum absolute atomic E-state index is 11.8. The van der Waals surface area contributed by atoms with Crippen molar-refractivity contribution in [2.75, 3.05) is 6.61 Å². The zero-order valence-electron chi connectivity index (χ0n) is 13.9. The molecule has 0 saturated carbocycles. The Balaban J connectivity index is 1.88. The van der Waals surface area contributed by atoms with Gasteiger partial charge in [-0.3, -0.25) is 4.79 Å². The molecule has 0 aliphatic heterocycles. The summed E-state index contributed by atoms with van der Waals surface area (Å²) in [5.41, 5.74) is 2.64. The SMILES string of the molecule is CCCCCOc1ccc(C2=CCC(C(=O)CC)CC2)cc1. The summed E-state index contributed by atoms with van der Waals surface area (Å²) < 4.78 is 5.75. The summed E-state index contributed by atoms with van der Waals surface area (Å²) in [4.78, 5) is 11.8. The van der Waals surface area contributed by atoms with E-state index in [-0.39, 0.29) is 5.92 Å². The molecule has 0 N–H and O–H groups in total. The first-order chi connectivity index (χ1) is 10.7. The third kappa shape index (κ3) is 4.72. The van der Waals surface area contributed by atoms with E-state index in [1.54, 1.807) is 0 Å². The summed E-state index contributed by atoms with van der Waals surface area (Å²) in [6, 6.07) is 8.41. The van der Waals surface area contributed by atoms with Crippen molar-refractivity contribution in [1.82, 2.24) is 0 Å². The number of hydrogen-bond donors (Lipinski definition) is 0. The van der Waals surface area contributed by atoms with Gasteiger partial charge in [-0.15, -0.1) is 0 Å². The quantitative estimate of drug-likeness (QED) is 0.599. The van der Waals surface area contributed by atoms with Crippen LogP contribution in [-0.4, -0.2) is 12.4 Å². The summed E-state index contributed by atoms with van der Waals surface area (Å²) in [6.07, 6.45) is 9.38. The van der Waals surface area contributed by atoms with E-state index in [1.807, 2.05) is 6.92 Å².